The summed E-state index contributed by atoms with van der Waals surface area (Å²) in [6.45, 7) is 1.73. The largest absolute Gasteiger partial charge is 0.480 e. The van der Waals surface area contributed by atoms with Crippen LogP contribution in [0.15, 0.2) is 30.7 Å². The van der Waals surface area contributed by atoms with Crippen molar-refractivity contribution in [2.24, 2.45) is 7.05 Å². The van der Waals surface area contributed by atoms with E-state index in [0.29, 0.717) is 17.8 Å². The van der Waals surface area contributed by atoms with Gasteiger partial charge in [-0.1, -0.05) is 6.92 Å². The monoisotopic (exact) mass is 290 g/mol. The normalized spacial score (nSPS) is 12.1. The van der Waals surface area contributed by atoms with Crippen molar-refractivity contribution in [1.82, 2.24) is 19.2 Å². The van der Waals surface area contributed by atoms with Crippen LogP contribution < -0.4 is 0 Å². The van der Waals surface area contributed by atoms with Gasteiger partial charge >= 0.3 is 5.97 Å². The molecule has 0 aliphatic rings. The first-order valence-corrected chi connectivity index (χ1v) is 6.62. The van der Waals surface area contributed by atoms with E-state index in [1.54, 1.807) is 23.2 Å². The average molecular weight is 290 g/mol. The summed E-state index contributed by atoms with van der Waals surface area (Å²) in [6.07, 6.45) is 5.42. The highest BCUT2D eigenvalue weighted by Gasteiger charge is 2.28. The van der Waals surface area contributed by atoms with Gasteiger partial charge in [0.15, 0.2) is 0 Å². The third kappa shape index (κ3) is 2.67. The summed E-state index contributed by atoms with van der Waals surface area (Å²) in [6, 6.07) is 2.84. The SMILES string of the molecule is CCC(C(=O)O)N(C)C(=O)c1cnn(C)c1-n1cccc1. The number of carboxylic acid groups (broad SMARTS) is 1. The van der Waals surface area contributed by atoms with Crippen LogP contribution in [-0.4, -0.2) is 49.3 Å². The highest BCUT2D eigenvalue weighted by atomic mass is 16.4. The van der Waals surface area contributed by atoms with Crippen LogP contribution in [0, 0.1) is 0 Å². The Bertz CT molecular complexity index is 645. The van der Waals surface area contributed by atoms with Crippen molar-refractivity contribution >= 4 is 11.9 Å². The van der Waals surface area contributed by atoms with Gasteiger partial charge in [-0.05, 0) is 18.6 Å². The first-order chi connectivity index (χ1) is 9.97. The number of aliphatic carboxylic acids is 1. The molecule has 2 rings (SSSR count). The maximum absolute atomic E-state index is 12.6. The maximum Gasteiger partial charge on any atom is 0.326 e. The second-order valence-corrected chi connectivity index (χ2v) is 4.77. The molecule has 1 unspecified atom stereocenters. The fourth-order valence-corrected chi connectivity index (χ4v) is 2.31. The molecule has 0 saturated carbocycles. The van der Waals surface area contributed by atoms with Crippen molar-refractivity contribution in [3.05, 3.63) is 36.3 Å². The molecule has 0 aliphatic heterocycles. The van der Waals surface area contributed by atoms with Gasteiger partial charge in [0.25, 0.3) is 5.91 Å². The molecule has 0 saturated heterocycles. The fraction of sp³-hybridized carbons (Fsp3) is 0.357. The van der Waals surface area contributed by atoms with E-state index >= 15 is 0 Å². The number of likely N-dealkylation sites (N-methyl/N-ethyl adjacent to an activating group) is 1. The van der Waals surface area contributed by atoms with Gasteiger partial charge in [0.05, 0.1) is 6.20 Å². The molecule has 0 fully saturated rings. The van der Waals surface area contributed by atoms with Gasteiger partial charge in [-0.25, -0.2) is 4.79 Å². The Hall–Kier alpha value is -2.57. The number of hydrogen-bond acceptors (Lipinski definition) is 3. The van der Waals surface area contributed by atoms with Crippen molar-refractivity contribution in [3.8, 4) is 5.82 Å². The molecule has 0 bridgehead atoms. The smallest absolute Gasteiger partial charge is 0.326 e. The van der Waals surface area contributed by atoms with Crippen LogP contribution in [0.4, 0.5) is 0 Å². The lowest BCUT2D eigenvalue weighted by Crippen LogP contribution is -2.42. The molecule has 2 aromatic heterocycles. The quantitative estimate of drug-likeness (QED) is 0.895. The lowest BCUT2D eigenvalue weighted by atomic mass is 10.1. The molecule has 0 aliphatic carbocycles. The van der Waals surface area contributed by atoms with Crippen molar-refractivity contribution in [1.29, 1.82) is 0 Å². The van der Waals surface area contributed by atoms with Crippen LogP contribution in [0.1, 0.15) is 23.7 Å². The van der Waals surface area contributed by atoms with E-state index in [1.807, 2.05) is 24.5 Å². The van der Waals surface area contributed by atoms with E-state index in [-0.39, 0.29) is 5.91 Å². The third-order valence-electron chi connectivity index (χ3n) is 3.45. The number of aryl methyl sites for hydroxylation is 1. The summed E-state index contributed by atoms with van der Waals surface area (Å²) in [5.41, 5.74) is 0.371. The zero-order valence-electron chi connectivity index (χ0n) is 12.2. The second kappa shape index (κ2) is 5.82. The standard InChI is InChI=1S/C14H18N4O3/c1-4-11(14(20)21)16(2)13(19)10-9-15-17(3)12(10)18-7-5-6-8-18/h5-9,11H,4H2,1-3H3,(H,20,21). The topological polar surface area (TPSA) is 80.4 Å². The molecule has 7 heteroatoms. The summed E-state index contributed by atoms with van der Waals surface area (Å²) in [5.74, 6) is -0.766. The number of amides is 1. The molecule has 7 nitrogen and oxygen atoms in total. The van der Waals surface area contributed by atoms with E-state index in [0.717, 1.165) is 0 Å². The number of hydrogen-bond donors (Lipinski definition) is 1. The van der Waals surface area contributed by atoms with Gasteiger partial charge in [-0.15, -0.1) is 0 Å². The molecule has 0 aromatic carbocycles. The number of carbonyl (C=O) groups excluding carboxylic acids is 1. The van der Waals surface area contributed by atoms with Gasteiger partial charge in [0.1, 0.15) is 17.4 Å². The summed E-state index contributed by atoms with van der Waals surface area (Å²) >= 11 is 0. The zero-order chi connectivity index (χ0) is 15.6. The molecule has 1 atom stereocenters. The van der Waals surface area contributed by atoms with Crippen molar-refractivity contribution in [2.45, 2.75) is 19.4 Å². The van der Waals surface area contributed by atoms with Crippen molar-refractivity contribution < 1.29 is 14.7 Å². The molecule has 112 valence electrons. The first kappa shape index (κ1) is 14.8. The highest BCUT2D eigenvalue weighted by molar-refractivity contribution is 5.98. The van der Waals surface area contributed by atoms with Crippen molar-refractivity contribution in [3.63, 3.8) is 0 Å². The number of aromatic nitrogens is 3. The minimum absolute atomic E-state index is 0.344. The Labute approximate surface area is 122 Å². The van der Waals surface area contributed by atoms with E-state index in [4.69, 9.17) is 0 Å². The fourth-order valence-electron chi connectivity index (χ4n) is 2.31. The number of rotatable bonds is 5. The number of carboxylic acids is 1. The maximum atomic E-state index is 12.6. The molecule has 21 heavy (non-hydrogen) atoms. The average Bonchev–Trinajstić information content (AvgIpc) is 3.06. The summed E-state index contributed by atoms with van der Waals surface area (Å²) in [5, 5.41) is 13.3. The van der Waals surface area contributed by atoms with Gasteiger partial charge in [0.2, 0.25) is 0 Å². The van der Waals surface area contributed by atoms with Crippen LogP contribution in [0.5, 0.6) is 0 Å². The zero-order valence-corrected chi connectivity index (χ0v) is 12.2. The van der Waals surface area contributed by atoms with Crippen LogP contribution in [0.2, 0.25) is 0 Å². The van der Waals surface area contributed by atoms with Crippen LogP contribution >= 0.6 is 0 Å². The Morgan fingerprint density at radius 3 is 2.52 bits per heavy atom. The summed E-state index contributed by atoms with van der Waals surface area (Å²) in [7, 11) is 3.23. The summed E-state index contributed by atoms with van der Waals surface area (Å²) in [4.78, 5) is 25.0. The molecular weight excluding hydrogens is 272 g/mol. The van der Waals surface area contributed by atoms with Gasteiger partial charge in [-0.3, -0.25) is 9.48 Å². The lowest BCUT2D eigenvalue weighted by Gasteiger charge is -2.23. The molecule has 2 heterocycles. The third-order valence-corrected chi connectivity index (χ3v) is 3.45. The number of nitrogens with zero attached hydrogens (tertiary/aromatic N) is 4. The Kier molecular flexibility index (Phi) is 4.11. The first-order valence-electron chi connectivity index (χ1n) is 6.62. The lowest BCUT2D eigenvalue weighted by molar-refractivity contribution is -0.142. The van der Waals surface area contributed by atoms with E-state index in [1.165, 1.54) is 18.1 Å². The molecule has 2 aromatic rings. The molecule has 1 amide bonds. The second-order valence-electron chi connectivity index (χ2n) is 4.77. The number of carbonyl (C=O) groups is 2. The van der Waals surface area contributed by atoms with Crippen molar-refractivity contribution in [2.75, 3.05) is 7.05 Å². The van der Waals surface area contributed by atoms with Gasteiger partial charge in [-0.2, -0.15) is 5.10 Å². The molecule has 0 spiro atoms. The van der Waals surface area contributed by atoms with Crippen LogP contribution in [0.25, 0.3) is 5.82 Å². The molecular formula is C14H18N4O3. The predicted molar refractivity (Wildman–Crippen MR) is 76.3 cm³/mol. The van der Waals surface area contributed by atoms with Crippen LogP contribution in [0.3, 0.4) is 0 Å². The highest BCUT2D eigenvalue weighted by Crippen LogP contribution is 2.17. The minimum atomic E-state index is -1.01. The van der Waals surface area contributed by atoms with Crippen LogP contribution in [-0.2, 0) is 11.8 Å². The Morgan fingerprint density at radius 1 is 1.38 bits per heavy atom. The molecule has 1 N–H and O–H groups in total. The van der Waals surface area contributed by atoms with E-state index in [9.17, 15) is 14.7 Å². The van der Waals surface area contributed by atoms with Gasteiger partial charge < -0.3 is 14.6 Å². The van der Waals surface area contributed by atoms with Gasteiger partial charge in [0, 0.05) is 26.5 Å². The minimum Gasteiger partial charge on any atom is -0.480 e. The predicted octanol–water partition coefficient (Wildman–Crippen LogP) is 1.15. The van der Waals surface area contributed by atoms with E-state index in [2.05, 4.69) is 5.10 Å². The summed E-state index contributed by atoms with van der Waals surface area (Å²) < 4.78 is 3.36. The molecule has 0 radical (unpaired) electrons. The van der Waals surface area contributed by atoms with E-state index < -0.39 is 12.0 Å². The Morgan fingerprint density at radius 2 is 2.00 bits per heavy atom. The Balaban J connectivity index is 2.39.